The molecule has 1 aliphatic rings. The van der Waals surface area contributed by atoms with Crippen molar-refractivity contribution in [3.63, 3.8) is 0 Å². The van der Waals surface area contributed by atoms with E-state index in [-0.39, 0.29) is 0 Å². The van der Waals surface area contributed by atoms with Gasteiger partial charge in [-0.05, 0) is 25.5 Å². The molecule has 144 valence electrons. The van der Waals surface area contributed by atoms with Gasteiger partial charge in [-0.15, -0.1) is 0 Å². The third kappa shape index (κ3) is 3.21. The van der Waals surface area contributed by atoms with E-state index in [2.05, 4.69) is 80.5 Å². The fourth-order valence-electron chi connectivity index (χ4n) is 4.18. The number of hydrogen-bond donors (Lipinski definition) is 1. The van der Waals surface area contributed by atoms with Crippen molar-refractivity contribution in [3.05, 3.63) is 60.3 Å². The van der Waals surface area contributed by atoms with E-state index in [1.165, 1.54) is 27.9 Å². The first-order chi connectivity index (χ1) is 13.8. The minimum absolute atomic E-state index is 0.861. The molecular formula is C23H27N4O+. The number of morpholine rings is 1. The van der Waals surface area contributed by atoms with Crippen molar-refractivity contribution < 1.29 is 9.14 Å². The number of H-pyrrole nitrogens is 1. The fraction of sp³-hybridized carbons (Fsp3) is 0.348. The summed E-state index contributed by atoms with van der Waals surface area (Å²) in [6.45, 7) is 8.06. The molecule has 0 aliphatic carbocycles. The number of aryl methyl sites for hydroxylation is 2. The Bertz CT molecular complexity index is 1090. The van der Waals surface area contributed by atoms with Crippen LogP contribution in [0.15, 0.2) is 54.7 Å². The molecule has 1 aliphatic heterocycles. The lowest BCUT2D eigenvalue weighted by atomic mass is 10.1. The van der Waals surface area contributed by atoms with E-state index in [1.807, 2.05) is 0 Å². The Kier molecular flexibility index (Phi) is 4.63. The van der Waals surface area contributed by atoms with Gasteiger partial charge in [0.25, 0.3) is 0 Å². The van der Waals surface area contributed by atoms with Crippen LogP contribution < -0.4 is 4.40 Å². The summed E-state index contributed by atoms with van der Waals surface area (Å²) in [7, 11) is 0. The number of nitrogens with one attached hydrogen (secondary N) is 1. The molecule has 5 nitrogen and oxygen atoms in total. The number of aromatic nitrogens is 3. The molecule has 0 unspecified atom stereocenters. The van der Waals surface area contributed by atoms with Crippen LogP contribution in [0.5, 0.6) is 0 Å². The number of hydrogen-bond acceptors (Lipinski definition) is 2. The van der Waals surface area contributed by atoms with Gasteiger partial charge in [0, 0.05) is 25.2 Å². The second-order valence-electron chi connectivity index (χ2n) is 7.68. The Labute approximate surface area is 165 Å². The highest BCUT2D eigenvalue weighted by atomic mass is 16.5. The van der Waals surface area contributed by atoms with Crippen molar-refractivity contribution >= 4 is 16.8 Å². The molecule has 2 aromatic heterocycles. The van der Waals surface area contributed by atoms with Gasteiger partial charge >= 0.3 is 5.78 Å². The largest absolute Gasteiger partial charge is 0.379 e. The molecule has 1 saturated heterocycles. The van der Waals surface area contributed by atoms with Crippen LogP contribution in [0.25, 0.3) is 28.1 Å². The molecule has 0 amide bonds. The lowest BCUT2D eigenvalue weighted by molar-refractivity contribution is -0.479. The van der Waals surface area contributed by atoms with Crippen LogP contribution in [-0.2, 0) is 11.3 Å². The SMILES string of the molecule is Cc1ccc(-c2c[n+]3c4ccccc4[nH]c3n2CCCN2CCOCC2)cc1. The maximum Gasteiger partial charge on any atom is 0.368 e. The van der Waals surface area contributed by atoms with E-state index in [0.29, 0.717) is 0 Å². The molecule has 28 heavy (non-hydrogen) atoms. The Morgan fingerprint density at radius 1 is 1.00 bits per heavy atom. The Morgan fingerprint density at radius 2 is 1.79 bits per heavy atom. The monoisotopic (exact) mass is 375 g/mol. The number of imidazole rings is 2. The Balaban J connectivity index is 1.51. The number of aromatic amines is 1. The molecule has 0 spiro atoms. The number of fused-ring (bicyclic) bond motifs is 3. The van der Waals surface area contributed by atoms with E-state index in [0.717, 1.165) is 51.6 Å². The van der Waals surface area contributed by atoms with Gasteiger partial charge in [-0.2, -0.15) is 4.40 Å². The predicted molar refractivity (Wildman–Crippen MR) is 111 cm³/mol. The highest BCUT2D eigenvalue weighted by molar-refractivity contribution is 5.74. The fourth-order valence-corrected chi connectivity index (χ4v) is 4.18. The average molecular weight is 375 g/mol. The lowest BCUT2D eigenvalue weighted by Crippen LogP contribution is -2.37. The summed E-state index contributed by atoms with van der Waals surface area (Å²) in [5, 5.41) is 0. The third-order valence-electron chi connectivity index (χ3n) is 5.74. The van der Waals surface area contributed by atoms with Gasteiger partial charge in [-0.25, -0.2) is 9.55 Å². The number of benzene rings is 2. The second kappa shape index (κ2) is 7.41. The average Bonchev–Trinajstić information content (AvgIpc) is 3.26. The molecule has 4 aromatic rings. The predicted octanol–water partition coefficient (Wildman–Crippen LogP) is 3.41. The molecule has 0 bridgehead atoms. The summed E-state index contributed by atoms with van der Waals surface area (Å²) in [6.07, 6.45) is 3.39. The molecular weight excluding hydrogens is 348 g/mol. The van der Waals surface area contributed by atoms with Crippen LogP contribution in [0, 0.1) is 6.92 Å². The molecule has 5 rings (SSSR count). The van der Waals surface area contributed by atoms with Gasteiger partial charge in [0.1, 0.15) is 22.9 Å². The minimum atomic E-state index is 0.861. The molecule has 2 aromatic carbocycles. The van der Waals surface area contributed by atoms with E-state index in [1.54, 1.807) is 0 Å². The van der Waals surface area contributed by atoms with Gasteiger partial charge in [-0.3, -0.25) is 4.90 Å². The molecule has 1 fully saturated rings. The summed E-state index contributed by atoms with van der Waals surface area (Å²) in [4.78, 5) is 6.14. The first-order valence-corrected chi connectivity index (χ1v) is 10.2. The van der Waals surface area contributed by atoms with Crippen LogP contribution in [0.4, 0.5) is 0 Å². The highest BCUT2D eigenvalue weighted by Gasteiger charge is 2.22. The maximum atomic E-state index is 5.47. The van der Waals surface area contributed by atoms with Crippen LogP contribution in [0.1, 0.15) is 12.0 Å². The summed E-state index contributed by atoms with van der Waals surface area (Å²) >= 11 is 0. The Morgan fingerprint density at radius 3 is 2.61 bits per heavy atom. The lowest BCUT2D eigenvalue weighted by Gasteiger charge is -2.26. The van der Waals surface area contributed by atoms with Gasteiger partial charge in [-0.1, -0.05) is 42.0 Å². The van der Waals surface area contributed by atoms with Crippen molar-refractivity contribution in [2.45, 2.75) is 19.9 Å². The minimum Gasteiger partial charge on any atom is -0.379 e. The first-order valence-electron chi connectivity index (χ1n) is 10.2. The second-order valence-corrected chi connectivity index (χ2v) is 7.68. The van der Waals surface area contributed by atoms with E-state index in [9.17, 15) is 0 Å². The standard InChI is InChI=1S/C23H26N4O/c1-18-7-9-19(10-8-18)22-17-27-21-6-3-2-5-20(21)24-23(27)26(22)12-4-11-25-13-15-28-16-14-25/h2-3,5-10,17H,4,11-16H2,1H3/p+1. The maximum absolute atomic E-state index is 5.47. The zero-order chi connectivity index (χ0) is 18.9. The zero-order valence-corrected chi connectivity index (χ0v) is 16.4. The zero-order valence-electron chi connectivity index (χ0n) is 16.4. The topological polar surface area (TPSA) is 37.3 Å². The molecule has 1 N–H and O–H groups in total. The molecule has 0 saturated carbocycles. The number of rotatable bonds is 5. The number of ether oxygens (including phenoxy) is 1. The van der Waals surface area contributed by atoms with Crippen molar-refractivity contribution in [1.29, 1.82) is 0 Å². The summed E-state index contributed by atoms with van der Waals surface area (Å²) < 4.78 is 10.2. The number of nitrogens with zero attached hydrogens (tertiary/aromatic N) is 3. The van der Waals surface area contributed by atoms with Crippen LogP contribution >= 0.6 is 0 Å². The van der Waals surface area contributed by atoms with Gasteiger partial charge in [0.05, 0.1) is 19.8 Å². The van der Waals surface area contributed by atoms with Crippen LogP contribution in [0.3, 0.4) is 0 Å². The van der Waals surface area contributed by atoms with Crippen LogP contribution in [-0.4, -0.2) is 47.3 Å². The molecule has 5 heteroatoms. The molecule has 3 heterocycles. The van der Waals surface area contributed by atoms with Gasteiger partial charge in [0.15, 0.2) is 0 Å². The Hall–Kier alpha value is -2.63. The van der Waals surface area contributed by atoms with Crippen LogP contribution in [0.2, 0.25) is 0 Å². The van der Waals surface area contributed by atoms with Gasteiger partial charge in [0.2, 0.25) is 0 Å². The van der Waals surface area contributed by atoms with Crippen molar-refractivity contribution in [2.75, 3.05) is 32.8 Å². The van der Waals surface area contributed by atoms with E-state index >= 15 is 0 Å². The van der Waals surface area contributed by atoms with Crippen molar-refractivity contribution in [1.82, 2.24) is 14.5 Å². The first kappa shape index (κ1) is 17.5. The smallest absolute Gasteiger partial charge is 0.368 e. The highest BCUT2D eigenvalue weighted by Crippen LogP contribution is 2.23. The quantitative estimate of drug-likeness (QED) is 0.543. The summed E-state index contributed by atoms with van der Waals surface area (Å²) in [5.74, 6) is 1.15. The van der Waals surface area contributed by atoms with Crippen molar-refractivity contribution in [2.24, 2.45) is 0 Å². The van der Waals surface area contributed by atoms with Crippen molar-refractivity contribution in [3.8, 4) is 11.3 Å². The third-order valence-corrected chi connectivity index (χ3v) is 5.74. The number of para-hydroxylation sites is 2. The molecule has 0 radical (unpaired) electrons. The molecule has 0 atom stereocenters. The van der Waals surface area contributed by atoms with Gasteiger partial charge < -0.3 is 4.74 Å². The normalized spacial score (nSPS) is 15.6. The summed E-state index contributed by atoms with van der Waals surface area (Å²) in [6, 6.07) is 17.3. The van der Waals surface area contributed by atoms with E-state index < -0.39 is 0 Å². The van der Waals surface area contributed by atoms with E-state index in [4.69, 9.17) is 4.74 Å². The summed E-state index contributed by atoms with van der Waals surface area (Å²) in [5.41, 5.74) is 6.21.